The fourth-order valence-corrected chi connectivity index (χ4v) is 13.1. The van der Waals surface area contributed by atoms with Gasteiger partial charge < -0.3 is 24.9 Å². The highest BCUT2D eigenvalue weighted by Crippen LogP contribution is 2.47. The van der Waals surface area contributed by atoms with Gasteiger partial charge in [-0.05, 0) is 71.7 Å². The predicted molar refractivity (Wildman–Crippen MR) is 213 cm³/mol. The lowest BCUT2D eigenvalue weighted by Gasteiger charge is -2.44. The minimum Gasteiger partial charge on any atom is -0.507 e. The number of hydrogen-bond acceptors (Lipinski definition) is 7. The number of carboxylic acids is 1. The molecule has 288 valence electrons. The van der Waals surface area contributed by atoms with Crippen molar-refractivity contribution in [3.8, 4) is 5.75 Å². The molecule has 2 amide bonds. The number of fused-ring (bicyclic) bond motifs is 1. The van der Waals surface area contributed by atoms with Gasteiger partial charge in [0.1, 0.15) is 5.75 Å². The minimum absolute atomic E-state index is 0.0285. The monoisotopic (exact) mass is 753 g/mol. The van der Waals surface area contributed by atoms with Crippen LogP contribution in [0.4, 0.5) is 0 Å². The quantitative estimate of drug-likeness (QED) is 0.0563. The van der Waals surface area contributed by atoms with E-state index in [0.29, 0.717) is 43.2 Å². The van der Waals surface area contributed by atoms with Gasteiger partial charge in [-0.1, -0.05) is 118 Å². The van der Waals surface area contributed by atoms with E-state index in [4.69, 9.17) is 9.53 Å². The number of imide groups is 1. The maximum Gasteiger partial charge on any atom is 0.303 e. The van der Waals surface area contributed by atoms with Gasteiger partial charge in [0.05, 0.1) is 31.2 Å². The molecule has 5 rings (SSSR count). The summed E-state index contributed by atoms with van der Waals surface area (Å²) in [6.45, 7) is 8.37. The van der Waals surface area contributed by atoms with Crippen LogP contribution in [0.3, 0.4) is 0 Å². The van der Waals surface area contributed by atoms with Crippen molar-refractivity contribution in [3.05, 3.63) is 107 Å². The smallest absolute Gasteiger partial charge is 0.303 e. The van der Waals surface area contributed by atoms with E-state index >= 15 is 0 Å². The molecular weight excluding hydrogens is 699 g/mol. The molecule has 0 radical (unpaired) electrons. The number of hydrogen-bond donors (Lipinski definition) is 4. The van der Waals surface area contributed by atoms with E-state index in [2.05, 4.69) is 45.0 Å². The number of unbranched alkanes of at least 4 members (excludes halogenated alkanes) is 2. The molecule has 0 unspecified atom stereocenters. The molecule has 0 bridgehead atoms. The number of carboxylic acid groups (broad SMARTS) is 1. The Balaban J connectivity index is 1.52. The number of amides is 2. The molecule has 4 atom stereocenters. The zero-order valence-corrected chi connectivity index (χ0v) is 32.9. The molecule has 4 N–H and O–H groups in total. The third kappa shape index (κ3) is 8.78. The number of carbonyl (C=O) groups excluding carboxylic acids is 2. The molecule has 1 heterocycles. The number of aliphatic hydroxyl groups excluding tert-OH is 2. The fraction of sp³-hybridized carbons (Fsp3) is 0.432. The summed E-state index contributed by atoms with van der Waals surface area (Å²) in [5.74, 6) is -3.67. The summed E-state index contributed by atoms with van der Waals surface area (Å²) in [6.07, 6.45) is 3.41. The first-order valence-electron chi connectivity index (χ1n) is 19.1. The van der Waals surface area contributed by atoms with E-state index in [1.54, 1.807) is 12.1 Å². The maximum atomic E-state index is 14.0. The van der Waals surface area contributed by atoms with Crippen LogP contribution in [0.25, 0.3) is 6.08 Å². The van der Waals surface area contributed by atoms with Crippen molar-refractivity contribution in [2.24, 2.45) is 17.8 Å². The number of aromatic hydroxyl groups is 1. The van der Waals surface area contributed by atoms with Crippen molar-refractivity contribution < 1.29 is 39.2 Å². The molecule has 9 nitrogen and oxygen atoms in total. The van der Waals surface area contributed by atoms with E-state index in [0.717, 1.165) is 21.5 Å². The number of likely N-dealkylation sites (tertiary alicyclic amines) is 1. The number of aliphatic carboxylic acids is 1. The van der Waals surface area contributed by atoms with Crippen molar-refractivity contribution in [2.45, 2.75) is 83.8 Å². The average molecular weight is 754 g/mol. The van der Waals surface area contributed by atoms with Gasteiger partial charge in [0, 0.05) is 24.4 Å². The first-order valence-corrected chi connectivity index (χ1v) is 21.0. The second-order valence-corrected chi connectivity index (χ2v) is 20.1. The SMILES string of the molecule is C/C(=C\c1ccccc1O)CC[C@@H](O)C1=C(CO[Si](c2ccccc2)(c2ccccc2)C(C)(C)C)C[C@H]2C(=O)N(CCCCCC(=O)O)C(=O)[C@H]2[C@H]1CO. The van der Waals surface area contributed by atoms with Gasteiger partial charge in [0.25, 0.3) is 8.32 Å². The summed E-state index contributed by atoms with van der Waals surface area (Å²) in [5, 5.41) is 44.3. The second-order valence-electron chi connectivity index (χ2n) is 15.8. The molecule has 54 heavy (non-hydrogen) atoms. The molecule has 1 aliphatic carbocycles. The number of phenolic OH excluding ortho intramolecular Hbond substituents is 1. The largest absolute Gasteiger partial charge is 0.507 e. The van der Waals surface area contributed by atoms with E-state index in [-0.39, 0.29) is 48.6 Å². The van der Waals surface area contributed by atoms with Crippen LogP contribution in [-0.4, -0.2) is 77.3 Å². The van der Waals surface area contributed by atoms with Crippen molar-refractivity contribution >= 4 is 42.6 Å². The van der Waals surface area contributed by atoms with E-state index < -0.39 is 44.8 Å². The Morgan fingerprint density at radius 3 is 2.09 bits per heavy atom. The molecule has 1 fully saturated rings. The van der Waals surface area contributed by atoms with Crippen LogP contribution in [0.15, 0.2) is 102 Å². The van der Waals surface area contributed by atoms with Crippen molar-refractivity contribution in [1.82, 2.24) is 4.90 Å². The molecule has 2 aliphatic rings. The molecule has 0 spiro atoms. The lowest BCUT2D eigenvalue weighted by atomic mass is 9.68. The van der Waals surface area contributed by atoms with Gasteiger partial charge in [-0.3, -0.25) is 19.3 Å². The van der Waals surface area contributed by atoms with Crippen molar-refractivity contribution in [2.75, 3.05) is 19.8 Å². The van der Waals surface area contributed by atoms with Crippen molar-refractivity contribution in [3.63, 3.8) is 0 Å². The molecule has 3 aromatic rings. The molecular formula is C44H55NO8Si. The number of phenols is 1. The van der Waals surface area contributed by atoms with Gasteiger partial charge in [-0.25, -0.2) is 0 Å². The molecule has 1 aliphatic heterocycles. The number of allylic oxidation sites excluding steroid dienone is 1. The van der Waals surface area contributed by atoms with E-state index in [1.807, 2.05) is 61.5 Å². The van der Waals surface area contributed by atoms with E-state index in [9.17, 15) is 29.7 Å². The lowest BCUT2D eigenvalue weighted by molar-refractivity contribution is -0.141. The number of carbonyl (C=O) groups is 3. The van der Waals surface area contributed by atoms with Crippen LogP contribution in [0.5, 0.6) is 5.75 Å². The Hall–Kier alpha value is -4.35. The third-order valence-corrected chi connectivity index (χ3v) is 16.1. The molecule has 0 aromatic heterocycles. The number of benzene rings is 3. The summed E-state index contributed by atoms with van der Waals surface area (Å²) in [5.41, 5.74) is 2.92. The van der Waals surface area contributed by atoms with Crippen molar-refractivity contribution in [1.29, 1.82) is 0 Å². The number of rotatable bonds is 17. The third-order valence-electron chi connectivity index (χ3n) is 11.1. The first-order chi connectivity index (χ1) is 25.8. The summed E-state index contributed by atoms with van der Waals surface area (Å²) in [4.78, 5) is 40.3. The Morgan fingerprint density at radius 1 is 0.907 bits per heavy atom. The Morgan fingerprint density at radius 2 is 1.52 bits per heavy atom. The molecule has 3 aromatic carbocycles. The van der Waals surface area contributed by atoms with Gasteiger partial charge in [0.2, 0.25) is 11.8 Å². The predicted octanol–water partition coefficient (Wildman–Crippen LogP) is 6.07. The second kappa shape index (κ2) is 17.9. The molecule has 0 saturated carbocycles. The fourth-order valence-electron chi connectivity index (χ4n) is 8.52. The highest BCUT2D eigenvalue weighted by Gasteiger charge is 2.56. The van der Waals surface area contributed by atoms with Gasteiger partial charge >= 0.3 is 5.97 Å². The van der Waals surface area contributed by atoms with Crippen LogP contribution in [0.2, 0.25) is 5.04 Å². The number of para-hydroxylation sites is 1. The topological polar surface area (TPSA) is 145 Å². The molecule has 1 saturated heterocycles. The highest BCUT2D eigenvalue weighted by molar-refractivity contribution is 6.99. The number of aliphatic hydroxyl groups is 2. The maximum absolute atomic E-state index is 14.0. The normalized spacial score (nSPS) is 20.0. The van der Waals surface area contributed by atoms with Crippen LogP contribution in [0, 0.1) is 17.8 Å². The van der Waals surface area contributed by atoms with Crippen LogP contribution >= 0.6 is 0 Å². The molecule has 10 heteroatoms. The zero-order chi connectivity index (χ0) is 39.0. The zero-order valence-electron chi connectivity index (χ0n) is 31.9. The average Bonchev–Trinajstić information content (AvgIpc) is 3.38. The Bertz CT molecular complexity index is 1790. The summed E-state index contributed by atoms with van der Waals surface area (Å²) in [6, 6.07) is 27.5. The van der Waals surface area contributed by atoms with Gasteiger partial charge in [-0.2, -0.15) is 0 Å². The van der Waals surface area contributed by atoms with Gasteiger partial charge in [-0.15, -0.1) is 0 Å². The van der Waals surface area contributed by atoms with Crippen LogP contribution < -0.4 is 10.4 Å². The first kappa shape index (κ1) is 40.8. The van der Waals surface area contributed by atoms with Crippen LogP contribution in [0.1, 0.15) is 78.2 Å². The lowest BCUT2D eigenvalue weighted by Crippen LogP contribution is -2.66. The summed E-state index contributed by atoms with van der Waals surface area (Å²) < 4.78 is 7.34. The van der Waals surface area contributed by atoms with Crippen LogP contribution in [-0.2, 0) is 18.8 Å². The van der Waals surface area contributed by atoms with E-state index in [1.165, 1.54) is 4.90 Å². The summed E-state index contributed by atoms with van der Waals surface area (Å²) >= 11 is 0. The number of nitrogens with zero attached hydrogens (tertiary/aromatic N) is 1. The van der Waals surface area contributed by atoms with Gasteiger partial charge in [0.15, 0.2) is 0 Å². The Labute approximate surface area is 320 Å². The highest BCUT2D eigenvalue weighted by atomic mass is 28.4. The minimum atomic E-state index is -3.04. The standard InChI is InChI=1S/C44H55NO8Si/c1-30(26-31-16-13-14-21-37(31)47)23-24-38(48)40-32(27-35-41(36(40)28-46)43(52)45(42(35)51)25-15-7-12-22-39(49)50)29-53-54(44(2,3)4,33-17-8-5-9-18-33)34-19-10-6-11-20-34/h5-6,8-11,13-14,16-21,26,35-36,38,41,46-48H,7,12,15,22-25,27-29H2,1-4H3,(H,49,50)/b30-26+/t35-,36+,38-,41-/m1/s1. The Kier molecular flexibility index (Phi) is 13.5. The summed E-state index contributed by atoms with van der Waals surface area (Å²) in [7, 11) is -3.04.